The molecule has 1 N–H and O–H groups in total. The van der Waals surface area contributed by atoms with E-state index in [1.54, 1.807) is 51.2 Å². The molecule has 1 atom stereocenters. The van der Waals surface area contributed by atoms with E-state index < -0.39 is 23.7 Å². The highest BCUT2D eigenvalue weighted by atomic mass is 32.2. The van der Waals surface area contributed by atoms with Gasteiger partial charge in [0, 0.05) is 6.42 Å². The standard InChI is InChI=1S/C16H27NO5S2/c1-5-21-13(19)11(17-15(20)22-16(2,3)4)7-8-12(18)14-23-9-6-10-24-14/h11,14H,5-10H2,1-4H3,(H,17,20)/t11-/m0/s1. The van der Waals surface area contributed by atoms with Crippen molar-refractivity contribution in [3.63, 3.8) is 0 Å². The third-order valence-corrected chi connectivity index (χ3v) is 6.03. The van der Waals surface area contributed by atoms with Crippen LogP contribution >= 0.6 is 23.5 Å². The summed E-state index contributed by atoms with van der Waals surface area (Å²) in [6.45, 7) is 7.14. The fourth-order valence-electron chi connectivity index (χ4n) is 2.02. The van der Waals surface area contributed by atoms with Crippen LogP contribution in [0.4, 0.5) is 4.79 Å². The molecule has 0 aromatic rings. The van der Waals surface area contributed by atoms with Crippen LogP contribution in [0.3, 0.4) is 0 Å². The number of rotatable bonds is 7. The van der Waals surface area contributed by atoms with Gasteiger partial charge in [-0.1, -0.05) is 0 Å². The second-order valence-electron chi connectivity index (χ2n) is 6.38. The molecule has 0 spiro atoms. The lowest BCUT2D eigenvalue weighted by Gasteiger charge is -2.23. The monoisotopic (exact) mass is 377 g/mol. The predicted molar refractivity (Wildman–Crippen MR) is 97.4 cm³/mol. The summed E-state index contributed by atoms with van der Waals surface area (Å²) in [6, 6.07) is -0.873. The molecule has 138 valence electrons. The van der Waals surface area contributed by atoms with E-state index in [0.29, 0.717) is 0 Å². The Hall–Kier alpha value is -0.890. The Morgan fingerprint density at radius 3 is 2.38 bits per heavy atom. The predicted octanol–water partition coefficient (Wildman–Crippen LogP) is 2.99. The van der Waals surface area contributed by atoms with E-state index in [9.17, 15) is 14.4 Å². The first kappa shape index (κ1) is 21.2. The van der Waals surface area contributed by atoms with E-state index in [2.05, 4.69) is 5.32 Å². The molecule has 1 aliphatic heterocycles. The number of thioether (sulfide) groups is 2. The number of carbonyl (C=O) groups is 3. The van der Waals surface area contributed by atoms with Gasteiger partial charge in [0.25, 0.3) is 0 Å². The quantitative estimate of drug-likeness (QED) is 0.683. The van der Waals surface area contributed by atoms with Crippen molar-refractivity contribution in [1.82, 2.24) is 5.32 Å². The van der Waals surface area contributed by atoms with Crippen molar-refractivity contribution in [3.8, 4) is 0 Å². The number of carbonyl (C=O) groups excluding carboxylic acids is 3. The maximum absolute atomic E-state index is 12.3. The summed E-state index contributed by atoms with van der Waals surface area (Å²) < 4.78 is 10.1. The Morgan fingerprint density at radius 2 is 1.83 bits per heavy atom. The number of alkyl carbamates (subject to hydrolysis) is 1. The Balaban J connectivity index is 2.56. The number of hydrogen-bond donors (Lipinski definition) is 1. The van der Waals surface area contributed by atoms with Crippen LogP contribution in [0.1, 0.15) is 47.0 Å². The molecule has 0 unspecified atom stereocenters. The van der Waals surface area contributed by atoms with E-state index in [1.165, 1.54) is 0 Å². The van der Waals surface area contributed by atoms with E-state index in [0.717, 1.165) is 17.9 Å². The average molecular weight is 378 g/mol. The molecule has 0 bridgehead atoms. The number of hydrogen-bond acceptors (Lipinski definition) is 7. The summed E-state index contributed by atoms with van der Waals surface area (Å²) in [5, 5.41) is 2.51. The molecule has 24 heavy (non-hydrogen) atoms. The summed E-state index contributed by atoms with van der Waals surface area (Å²) in [5.74, 6) is 1.53. The number of Topliss-reactive ketones (excluding diaryl/α,β-unsaturated/α-hetero) is 1. The number of esters is 1. The maximum atomic E-state index is 12.3. The van der Waals surface area contributed by atoms with Gasteiger partial charge < -0.3 is 14.8 Å². The zero-order chi connectivity index (χ0) is 18.2. The molecule has 1 aliphatic rings. The minimum absolute atomic E-state index is 0.0666. The third-order valence-electron chi connectivity index (χ3n) is 3.03. The van der Waals surface area contributed by atoms with Gasteiger partial charge in [-0.3, -0.25) is 4.79 Å². The molecule has 0 aliphatic carbocycles. The van der Waals surface area contributed by atoms with Gasteiger partial charge in [-0.25, -0.2) is 9.59 Å². The zero-order valence-electron chi connectivity index (χ0n) is 14.8. The molecule has 8 heteroatoms. The van der Waals surface area contributed by atoms with E-state index >= 15 is 0 Å². The molecule has 1 fully saturated rings. The molecule has 0 aromatic carbocycles. The van der Waals surface area contributed by atoms with Crippen molar-refractivity contribution < 1.29 is 23.9 Å². The Bertz CT molecular complexity index is 444. The lowest BCUT2D eigenvalue weighted by Crippen LogP contribution is -2.44. The van der Waals surface area contributed by atoms with E-state index in [-0.39, 0.29) is 29.8 Å². The lowest BCUT2D eigenvalue weighted by molar-refractivity contribution is -0.145. The van der Waals surface area contributed by atoms with Crippen LogP contribution in [0.25, 0.3) is 0 Å². The first-order valence-electron chi connectivity index (χ1n) is 8.15. The topological polar surface area (TPSA) is 81.7 Å². The molecule has 1 saturated heterocycles. The van der Waals surface area contributed by atoms with Gasteiger partial charge in [0.05, 0.1) is 6.61 Å². The maximum Gasteiger partial charge on any atom is 0.408 e. The molecule has 1 heterocycles. The Morgan fingerprint density at radius 1 is 1.21 bits per heavy atom. The smallest absolute Gasteiger partial charge is 0.408 e. The largest absolute Gasteiger partial charge is 0.464 e. The summed E-state index contributed by atoms with van der Waals surface area (Å²) in [7, 11) is 0. The highest BCUT2D eigenvalue weighted by Gasteiger charge is 2.28. The van der Waals surface area contributed by atoms with E-state index in [1.807, 2.05) is 0 Å². The summed E-state index contributed by atoms with van der Waals surface area (Å²) in [6.07, 6.45) is 0.873. The molecule has 0 radical (unpaired) electrons. The van der Waals surface area contributed by atoms with Crippen molar-refractivity contribution in [2.45, 2.75) is 63.2 Å². The van der Waals surface area contributed by atoms with Crippen LogP contribution in [-0.4, -0.2) is 52.2 Å². The molecule has 6 nitrogen and oxygen atoms in total. The van der Waals surface area contributed by atoms with Gasteiger partial charge in [0.2, 0.25) is 0 Å². The van der Waals surface area contributed by atoms with Crippen LogP contribution in [0.2, 0.25) is 0 Å². The van der Waals surface area contributed by atoms with Crippen LogP contribution in [-0.2, 0) is 19.1 Å². The number of amides is 1. The minimum Gasteiger partial charge on any atom is -0.464 e. The molecule has 0 saturated carbocycles. The first-order chi connectivity index (χ1) is 11.2. The van der Waals surface area contributed by atoms with Crippen molar-refractivity contribution in [2.24, 2.45) is 0 Å². The second kappa shape index (κ2) is 10.2. The normalized spacial score (nSPS) is 17.0. The van der Waals surface area contributed by atoms with Gasteiger partial charge in [-0.15, -0.1) is 23.5 Å². The zero-order valence-corrected chi connectivity index (χ0v) is 16.4. The van der Waals surface area contributed by atoms with Crippen molar-refractivity contribution in [1.29, 1.82) is 0 Å². The van der Waals surface area contributed by atoms with Crippen LogP contribution in [0.15, 0.2) is 0 Å². The average Bonchev–Trinajstić information content (AvgIpc) is 2.50. The van der Waals surface area contributed by atoms with Crippen LogP contribution in [0.5, 0.6) is 0 Å². The van der Waals surface area contributed by atoms with E-state index in [4.69, 9.17) is 9.47 Å². The highest BCUT2D eigenvalue weighted by molar-refractivity contribution is 8.18. The SMILES string of the molecule is CCOC(=O)[C@H](CCC(=O)C1SCCCS1)NC(=O)OC(C)(C)C. The Kier molecular flexibility index (Phi) is 8.97. The van der Waals surface area contributed by atoms with Gasteiger partial charge in [0.1, 0.15) is 16.2 Å². The Labute approximate surface area is 152 Å². The molecular formula is C16H27NO5S2. The molecule has 1 rings (SSSR count). The number of ether oxygens (including phenoxy) is 2. The lowest BCUT2D eigenvalue weighted by atomic mass is 10.1. The van der Waals surface area contributed by atoms with Gasteiger partial charge in [-0.2, -0.15) is 0 Å². The van der Waals surface area contributed by atoms with Crippen LogP contribution in [0, 0.1) is 0 Å². The summed E-state index contributed by atoms with van der Waals surface area (Å²) in [5.41, 5.74) is -0.658. The molecule has 0 aromatic heterocycles. The first-order valence-corrected chi connectivity index (χ1v) is 10.2. The van der Waals surface area contributed by atoms with Gasteiger partial charge in [-0.05, 0) is 52.0 Å². The second-order valence-corrected chi connectivity index (χ2v) is 9.11. The highest BCUT2D eigenvalue weighted by Crippen LogP contribution is 2.32. The van der Waals surface area contributed by atoms with Gasteiger partial charge in [0.15, 0.2) is 5.78 Å². The fourth-order valence-corrected chi connectivity index (χ4v) is 4.82. The summed E-state index contributed by atoms with van der Waals surface area (Å²) in [4.78, 5) is 36.2. The van der Waals surface area contributed by atoms with Crippen molar-refractivity contribution >= 4 is 41.4 Å². The van der Waals surface area contributed by atoms with Gasteiger partial charge >= 0.3 is 12.1 Å². The van der Waals surface area contributed by atoms with Crippen molar-refractivity contribution in [2.75, 3.05) is 18.1 Å². The number of nitrogens with one attached hydrogen (secondary N) is 1. The molecular weight excluding hydrogens is 350 g/mol. The fraction of sp³-hybridized carbons (Fsp3) is 0.812. The van der Waals surface area contributed by atoms with Crippen LogP contribution < -0.4 is 5.32 Å². The third kappa shape index (κ3) is 8.28. The summed E-state index contributed by atoms with van der Waals surface area (Å²) >= 11 is 3.30. The van der Waals surface area contributed by atoms with Crippen molar-refractivity contribution in [3.05, 3.63) is 0 Å². The number of ketones is 1. The molecule has 1 amide bonds. The minimum atomic E-state index is -0.873.